The molecule has 1 aliphatic rings. The summed E-state index contributed by atoms with van der Waals surface area (Å²) in [5.74, 6) is 0.765. The molecule has 2 rings (SSSR count). The molecule has 1 atom stereocenters. The van der Waals surface area contributed by atoms with Gasteiger partial charge in [-0.15, -0.1) is 0 Å². The van der Waals surface area contributed by atoms with Gasteiger partial charge in [-0.3, -0.25) is 0 Å². The van der Waals surface area contributed by atoms with Crippen molar-refractivity contribution in [3.05, 3.63) is 24.0 Å². The van der Waals surface area contributed by atoms with Crippen LogP contribution in [-0.2, 0) is 4.74 Å². The second kappa shape index (κ2) is 7.44. The Morgan fingerprint density at radius 2 is 2.22 bits per heavy atom. The van der Waals surface area contributed by atoms with Gasteiger partial charge in [0.15, 0.2) is 0 Å². The summed E-state index contributed by atoms with van der Waals surface area (Å²) in [4.78, 5) is 0. The average molecular weight is 249 g/mol. The predicted molar refractivity (Wildman–Crippen MR) is 71.2 cm³/mol. The van der Waals surface area contributed by atoms with Gasteiger partial charge in [0.2, 0.25) is 0 Å². The lowest BCUT2D eigenvalue weighted by molar-refractivity contribution is 0.0605. The fourth-order valence-corrected chi connectivity index (χ4v) is 2.48. The summed E-state index contributed by atoms with van der Waals surface area (Å²) in [7, 11) is 0. The first kappa shape index (κ1) is 13.4. The molecule has 0 aliphatic carbocycles. The summed E-state index contributed by atoms with van der Waals surface area (Å²) in [6, 6.07) is 2.48. The zero-order valence-corrected chi connectivity index (χ0v) is 11.1. The maximum atomic E-state index is 5.43. The first-order valence-electron chi connectivity index (χ1n) is 6.98. The van der Waals surface area contributed by atoms with Gasteiger partial charge in [-0.25, -0.2) is 0 Å². The van der Waals surface area contributed by atoms with Crippen LogP contribution in [0, 0.1) is 5.92 Å². The van der Waals surface area contributed by atoms with Crippen LogP contribution in [0.25, 0.3) is 0 Å². The van der Waals surface area contributed by atoms with E-state index in [-0.39, 0.29) is 0 Å². The summed E-state index contributed by atoms with van der Waals surface area (Å²) in [5.41, 5.74) is 1.25. The highest BCUT2D eigenvalue weighted by molar-refractivity contribution is 5.11. The number of hydrogen-bond acceptors (Lipinski definition) is 4. The Bertz CT molecular complexity index is 325. The Labute approximate surface area is 109 Å². The first-order valence-corrected chi connectivity index (χ1v) is 6.98. The highest BCUT2D eigenvalue weighted by Crippen LogP contribution is 2.27. The largest absolute Gasteiger partial charge is 0.381 e. The third-order valence-corrected chi connectivity index (χ3v) is 3.56. The van der Waals surface area contributed by atoms with Gasteiger partial charge in [-0.05, 0) is 49.8 Å². The summed E-state index contributed by atoms with van der Waals surface area (Å²) < 4.78 is 5.43. The SMILES string of the molecule is CCCNC(CC1CCOCC1)c1ccnnc1. The molecule has 4 heteroatoms. The Balaban J connectivity index is 1.95. The van der Waals surface area contributed by atoms with Crippen LogP contribution in [-0.4, -0.2) is 30.0 Å². The maximum absolute atomic E-state index is 5.43. The van der Waals surface area contributed by atoms with Gasteiger partial charge < -0.3 is 10.1 Å². The molecule has 1 aliphatic heterocycles. The van der Waals surface area contributed by atoms with Crippen molar-refractivity contribution in [1.29, 1.82) is 0 Å². The fraction of sp³-hybridized carbons (Fsp3) is 0.714. The minimum Gasteiger partial charge on any atom is -0.381 e. The zero-order chi connectivity index (χ0) is 12.6. The summed E-state index contributed by atoms with van der Waals surface area (Å²) in [6.07, 6.45) is 8.36. The molecule has 1 N–H and O–H groups in total. The lowest BCUT2D eigenvalue weighted by Crippen LogP contribution is -2.27. The van der Waals surface area contributed by atoms with Crippen LogP contribution in [0.3, 0.4) is 0 Å². The molecule has 100 valence electrons. The molecule has 1 saturated heterocycles. The molecule has 1 aromatic rings. The van der Waals surface area contributed by atoms with E-state index in [4.69, 9.17) is 4.74 Å². The van der Waals surface area contributed by atoms with Gasteiger partial charge in [0.1, 0.15) is 0 Å². The van der Waals surface area contributed by atoms with Gasteiger partial charge in [0, 0.05) is 25.5 Å². The van der Waals surface area contributed by atoms with E-state index in [1.165, 1.54) is 24.8 Å². The standard InChI is InChI=1S/C14H23N3O/c1-2-6-15-14(13-3-7-16-17-11-13)10-12-4-8-18-9-5-12/h3,7,11-12,14-15H,2,4-6,8-10H2,1H3. The van der Waals surface area contributed by atoms with E-state index in [0.717, 1.165) is 32.1 Å². The van der Waals surface area contributed by atoms with Crippen molar-refractivity contribution in [3.8, 4) is 0 Å². The van der Waals surface area contributed by atoms with Crippen molar-refractivity contribution in [1.82, 2.24) is 15.5 Å². The Hall–Kier alpha value is -1.00. The van der Waals surface area contributed by atoms with Crippen molar-refractivity contribution in [3.63, 3.8) is 0 Å². The molecule has 1 unspecified atom stereocenters. The van der Waals surface area contributed by atoms with E-state index < -0.39 is 0 Å². The number of aromatic nitrogens is 2. The number of hydrogen-bond donors (Lipinski definition) is 1. The Morgan fingerprint density at radius 1 is 1.39 bits per heavy atom. The smallest absolute Gasteiger partial charge is 0.0544 e. The minimum absolute atomic E-state index is 0.406. The number of ether oxygens (including phenoxy) is 1. The van der Waals surface area contributed by atoms with E-state index in [1.54, 1.807) is 6.20 Å². The molecule has 1 aromatic heterocycles. The van der Waals surface area contributed by atoms with E-state index >= 15 is 0 Å². The van der Waals surface area contributed by atoms with Crippen LogP contribution in [0.2, 0.25) is 0 Å². The second-order valence-corrected chi connectivity index (χ2v) is 4.97. The Morgan fingerprint density at radius 3 is 2.89 bits per heavy atom. The van der Waals surface area contributed by atoms with Gasteiger partial charge >= 0.3 is 0 Å². The lowest BCUT2D eigenvalue weighted by Gasteiger charge is -2.27. The molecule has 0 bridgehead atoms. The van der Waals surface area contributed by atoms with Crippen LogP contribution in [0.15, 0.2) is 18.5 Å². The minimum atomic E-state index is 0.406. The molecule has 0 saturated carbocycles. The van der Waals surface area contributed by atoms with Crippen LogP contribution in [0.4, 0.5) is 0 Å². The highest BCUT2D eigenvalue weighted by atomic mass is 16.5. The predicted octanol–water partition coefficient (Wildman–Crippen LogP) is 2.33. The summed E-state index contributed by atoms with van der Waals surface area (Å²) in [6.45, 7) is 5.08. The lowest BCUT2D eigenvalue weighted by atomic mass is 9.90. The second-order valence-electron chi connectivity index (χ2n) is 4.97. The van der Waals surface area contributed by atoms with Gasteiger partial charge in [-0.2, -0.15) is 10.2 Å². The van der Waals surface area contributed by atoms with Crippen molar-refractivity contribution >= 4 is 0 Å². The van der Waals surface area contributed by atoms with Crippen molar-refractivity contribution < 1.29 is 4.74 Å². The quantitative estimate of drug-likeness (QED) is 0.840. The third-order valence-electron chi connectivity index (χ3n) is 3.56. The zero-order valence-electron chi connectivity index (χ0n) is 11.1. The van der Waals surface area contributed by atoms with E-state index in [1.807, 2.05) is 6.20 Å². The third kappa shape index (κ3) is 4.03. The summed E-state index contributed by atoms with van der Waals surface area (Å²) in [5, 5.41) is 11.5. The topological polar surface area (TPSA) is 47.0 Å². The monoisotopic (exact) mass is 249 g/mol. The maximum Gasteiger partial charge on any atom is 0.0544 e. The van der Waals surface area contributed by atoms with Crippen molar-refractivity contribution in [2.75, 3.05) is 19.8 Å². The Kier molecular flexibility index (Phi) is 5.55. The number of nitrogens with one attached hydrogen (secondary N) is 1. The fourth-order valence-electron chi connectivity index (χ4n) is 2.48. The molecule has 0 amide bonds. The first-order chi connectivity index (χ1) is 8.90. The van der Waals surface area contributed by atoms with Crippen LogP contribution in [0.5, 0.6) is 0 Å². The molecule has 18 heavy (non-hydrogen) atoms. The molecule has 2 heterocycles. The van der Waals surface area contributed by atoms with Crippen LogP contribution >= 0.6 is 0 Å². The van der Waals surface area contributed by atoms with Crippen molar-refractivity contribution in [2.24, 2.45) is 5.92 Å². The summed E-state index contributed by atoms with van der Waals surface area (Å²) >= 11 is 0. The molecule has 0 spiro atoms. The van der Waals surface area contributed by atoms with Crippen LogP contribution in [0.1, 0.15) is 44.2 Å². The van der Waals surface area contributed by atoms with E-state index in [0.29, 0.717) is 6.04 Å². The van der Waals surface area contributed by atoms with Gasteiger partial charge in [-0.1, -0.05) is 6.92 Å². The van der Waals surface area contributed by atoms with E-state index in [9.17, 15) is 0 Å². The van der Waals surface area contributed by atoms with Gasteiger partial charge in [0.05, 0.1) is 6.20 Å². The average Bonchev–Trinajstić information content (AvgIpc) is 2.45. The highest BCUT2D eigenvalue weighted by Gasteiger charge is 2.20. The molecule has 0 aromatic carbocycles. The van der Waals surface area contributed by atoms with Crippen molar-refractivity contribution in [2.45, 2.75) is 38.6 Å². The normalized spacial score (nSPS) is 18.7. The number of rotatable bonds is 6. The molecule has 4 nitrogen and oxygen atoms in total. The molecule has 0 radical (unpaired) electrons. The molecular weight excluding hydrogens is 226 g/mol. The van der Waals surface area contributed by atoms with Crippen LogP contribution < -0.4 is 5.32 Å². The molecular formula is C14H23N3O. The van der Waals surface area contributed by atoms with E-state index in [2.05, 4.69) is 28.5 Å². The molecule has 1 fully saturated rings. The number of nitrogens with zero attached hydrogens (tertiary/aromatic N) is 2. The van der Waals surface area contributed by atoms with Gasteiger partial charge in [0.25, 0.3) is 0 Å².